The topological polar surface area (TPSA) is 29.5 Å². The summed E-state index contributed by atoms with van der Waals surface area (Å²) in [5.41, 5.74) is 0.947. The van der Waals surface area contributed by atoms with E-state index in [1.54, 1.807) is 4.90 Å². The molecule has 0 saturated carbocycles. The van der Waals surface area contributed by atoms with E-state index in [0.717, 1.165) is 18.9 Å². The van der Waals surface area contributed by atoms with Crippen LogP contribution in [0.15, 0.2) is 30.3 Å². The van der Waals surface area contributed by atoms with Crippen molar-refractivity contribution in [3.8, 4) is 0 Å². The molecule has 0 bridgehead atoms. The van der Waals surface area contributed by atoms with E-state index >= 15 is 0 Å². The Balaban J connectivity index is 1.94. The van der Waals surface area contributed by atoms with E-state index in [4.69, 9.17) is 4.74 Å². The summed E-state index contributed by atoms with van der Waals surface area (Å²) < 4.78 is 5.05. The van der Waals surface area contributed by atoms with Crippen molar-refractivity contribution < 1.29 is 9.53 Å². The average Bonchev–Trinajstić information content (AvgIpc) is 2.23. The molecule has 80 valence electrons. The zero-order valence-electron chi connectivity index (χ0n) is 8.85. The average molecular weight is 205 g/mol. The molecule has 2 rings (SSSR count). The minimum Gasteiger partial charge on any atom is -0.381 e. The molecule has 1 heterocycles. The normalized spacial score (nSPS) is 15.8. The molecule has 0 unspecified atom stereocenters. The summed E-state index contributed by atoms with van der Waals surface area (Å²) in [6.45, 7) is 1.46. The summed E-state index contributed by atoms with van der Waals surface area (Å²) in [6, 6.07) is 9.70. The Kier molecular flexibility index (Phi) is 3.02. The number of hydrogen-bond acceptors (Lipinski definition) is 2. The number of carbonyl (C=O) groups excluding carboxylic acids is 1. The number of nitrogens with zero attached hydrogens (tertiary/aromatic N) is 1. The van der Waals surface area contributed by atoms with E-state index in [-0.39, 0.29) is 5.91 Å². The predicted octanol–water partition coefficient (Wildman–Crippen LogP) is 1.69. The number of benzene rings is 1. The maximum absolute atomic E-state index is 11.8. The predicted molar refractivity (Wildman–Crippen MR) is 58.8 cm³/mol. The molecule has 0 atom stereocenters. The minimum atomic E-state index is 0.162. The summed E-state index contributed by atoms with van der Waals surface area (Å²) >= 11 is 0. The third kappa shape index (κ3) is 2.36. The molecule has 15 heavy (non-hydrogen) atoms. The number of anilines is 1. The molecule has 0 radical (unpaired) electrons. The van der Waals surface area contributed by atoms with Gasteiger partial charge in [-0.25, -0.2) is 0 Å². The first kappa shape index (κ1) is 10.2. The van der Waals surface area contributed by atoms with E-state index in [0.29, 0.717) is 12.3 Å². The molecule has 3 nitrogen and oxygen atoms in total. The highest BCUT2D eigenvalue weighted by Gasteiger charge is 2.23. The van der Waals surface area contributed by atoms with E-state index in [2.05, 4.69) is 0 Å². The Labute approximate surface area is 89.7 Å². The van der Waals surface area contributed by atoms with Gasteiger partial charge in [-0.1, -0.05) is 18.2 Å². The first-order chi connectivity index (χ1) is 7.27. The monoisotopic (exact) mass is 205 g/mol. The molecular weight excluding hydrogens is 190 g/mol. The van der Waals surface area contributed by atoms with Crippen molar-refractivity contribution in [1.82, 2.24) is 0 Å². The molecule has 1 aromatic rings. The summed E-state index contributed by atoms with van der Waals surface area (Å²) in [5, 5.41) is 0. The molecule has 0 aliphatic carbocycles. The fraction of sp³-hybridized carbons (Fsp3) is 0.417. The second kappa shape index (κ2) is 4.45. The van der Waals surface area contributed by atoms with Gasteiger partial charge >= 0.3 is 0 Å². The quantitative estimate of drug-likeness (QED) is 0.751. The van der Waals surface area contributed by atoms with Gasteiger partial charge in [-0.3, -0.25) is 4.79 Å². The van der Waals surface area contributed by atoms with Gasteiger partial charge < -0.3 is 9.64 Å². The minimum absolute atomic E-state index is 0.162. The zero-order chi connectivity index (χ0) is 10.7. The van der Waals surface area contributed by atoms with Gasteiger partial charge in [0.05, 0.1) is 13.2 Å². The van der Waals surface area contributed by atoms with Gasteiger partial charge in [0.2, 0.25) is 5.91 Å². The molecule has 1 aliphatic rings. The van der Waals surface area contributed by atoms with Crippen molar-refractivity contribution in [2.24, 2.45) is 5.92 Å². The lowest BCUT2D eigenvalue weighted by Crippen LogP contribution is -2.35. The van der Waals surface area contributed by atoms with E-state index in [9.17, 15) is 4.79 Å². The molecular formula is C12H15NO2. The van der Waals surface area contributed by atoms with Crippen LogP contribution < -0.4 is 4.90 Å². The molecule has 1 amide bonds. The van der Waals surface area contributed by atoms with Gasteiger partial charge in [0.25, 0.3) is 0 Å². The standard InChI is InChI=1S/C12H15NO2/c1-13(11-5-3-2-4-6-11)12(14)7-10-8-15-9-10/h2-6,10H,7-9H2,1H3. The summed E-state index contributed by atoms with van der Waals surface area (Å²) in [6.07, 6.45) is 0.589. The molecule has 3 heteroatoms. The van der Waals surface area contributed by atoms with Crippen LogP contribution in [0.4, 0.5) is 5.69 Å². The lowest BCUT2D eigenvalue weighted by Gasteiger charge is -2.27. The fourth-order valence-corrected chi connectivity index (χ4v) is 1.58. The third-order valence-corrected chi connectivity index (χ3v) is 2.69. The lowest BCUT2D eigenvalue weighted by atomic mass is 10.0. The number of amides is 1. The van der Waals surface area contributed by atoms with Crippen LogP contribution in [0, 0.1) is 5.92 Å². The molecule has 0 N–H and O–H groups in total. The first-order valence-electron chi connectivity index (χ1n) is 5.16. The first-order valence-corrected chi connectivity index (χ1v) is 5.16. The van der Waals surface area contributed by atoms with Crippen LogP contribution in [-0.2, 0) is 9.53 Å². The van der Waals surface area contributed by atoms with Crippen LogP contribution in [0.1, 0.15) is 6.42 Å². The van der Waals surface area contributed by atoms with Gasteiger partial charge in [-0.05, 0) is 12.1 Å². The number of ether oxygens (including phenoxy) is 1. The van der Waals surface area contributed by atoms with Gasteiger partial charge in [0, 0.05) is 25.1 Å². The highest BCUT2D eigenvalue weighted by atomic mass is 16.5. The number of para-hydroxylation sites is 1. The molecule has 1 aliphatic heterocycles. The molecule has 1 saturated heterocycles. The maximum atomic E-state index is 11.8. The SMILES string of the molecule is CN(C(=O)CC1COC1)c1ccccc1. The Bertz CT molecular complexity index is 333. The second-order valence-electron chi connectivity index (χ2n) is 3.90. The number of rotatable bonds is 3. The van der Waals surface area contributed by atoms with Crippen LogP contribution in [0.2, 0.25) is 0 Å². The molecule has 0 spiro atoms. The number of carbonyl (C=O) groups is 1. The van der Waals surface area contributed by atoms with Crippen LogP contribution in [-0.4, -0.2) is 26.2 Å². The van der Waals surface area contributed by atoms with Crippen LogP contribution in [0.5, 0.6) is 0 Å². The Morgan fingerprint density at radius 3 is 2.60 bits per heavy atom. The Morgan fingerprint density at radius 1 is 1.40 bits per heavy atom. The molecule has 1 fully saturated rings. The van der Waals surface area contributed by atoms with Crippen molar-refractivity contribution in [1.29, 1.82) is 0 Å². The van der Waals surface area contributed by atoms with Gasteiger partial charge in [-0.2, -0.15) is 0 Å². The van der Waals surface area contributed by atoms with Gasteiger partial charge in [0.1, 0.15) is 0 Å². The summed E-state index contributed by atoms with van der Waals surface area (Å²) in [5.74, 6) is 0.582. The smallest absolute Gasteiger partial charge is 0.227 e. The fourth-order valence-electron chi connectivity index (χ4n) is 1.58. The number of hydrogen-bond donors (Lipinski definition) is 0. The Hall–Kier alpha value is -1.35. The molecule has 1 aromatic carbocycles. The second-order valence-corrected chi connectivity index (χ2v) is 3.90. The maximum Gasteiger partial charge on any atom is 0.227 e. The van der Waals surface area contributed by atoms with Crippen LogP contribution >= 0.6 is 0 Å². The van der Waals surface area contributed by atoms with Crippen molar-refractivity contribution in [3.63, 3.8) is 0 Å². The highest BCUT2D eigenvalue weighted by Crippen LogP contribution is 2.18. The van der Waals surface area contributed by atoms with Crippen molar-refractivity contribution in [2.45, 2.75) is 6.42 Å². The zero-order valence-corrected chi connectivity index (χ0v) is 8.85. The summed E-state index contributed by atoms with van der Waals surface area (Å²) in [4.78, 5) is 13.5. The van der Waals surface area contributed by atoms with E-state index in [1.807, 2.05) is 37.4 Å². The van der Waals surface area contributed by atoms with E-state index < -0.39 is 0 Å². The van der Waals surface area contributed by atoms with Gasteiger partial charge in [-0.15, -0.1) is 0 Å². The Morgan fingerprint density at radius 2 is 2.07 bits per heavy atom. The van der Waals surface area contributed by atoms with Crippen molar-refractivity contribution >= 4 is 11.6 Å². The van der Waals surface area contributed by atoms with Crippen molar-refractivity contribution in [3.05, 3.63) is 30.3 Å². The van der Waals surface area contributed by atoms with Gasteiger partial charge in [0.15, 0.2) is 0 Å². The van der Waals surface area contributed by atoms with Crippen LogP contribution in [0.25, 0.3) is 0 Å². The molecule has 0 aromatic heterocycles. The van der Waals surface area contributed by atoms with Crippen LogP contribution in [0.3, 0.4) is 0 Å². The lowest BCUT2D eigenvalue weighted by molar-refractivity contribution is -0.123. The highest BCUT2D eigenvalue weighted by molar-refractivity contribution is 5.92. The largest absolute Gasteiger partial charge is 0.381 e. The summed E-state index contributed by atoms with van der Waals surface area (Å²) in [7, 11) is 1.82. The van der Waals surface area contributed by atoms with E-state index in [1.165, 1.54) is 0 Å². The third-order valence-electron chi connectivity index (χ3n) is 2.69. The van der Waals surface area contributed by atoms with Crippen molar-refractivity contribution in [2.75, 3.05) is 25.2 Å².